The minimum absolute atomic E-state index is 0.0218. The van der Waals surface area contributed by atoms with E-state index in [1.807, 2.05) is 66.4 Å². The third-order valence-electron chi connectivity index (χ3n) is 8.65. The van der Waals surface area contributed by atoms with Crippen LogP contribution in [-0.2, 0) is 13.8 Å². The maximum absolute atomic E-state index is 14.0. The number of carbonyl (C=O) groups excluding carboxylic acids is 2. The van der Waals surface area contributed by atoms with Crippen molar-refractivity contribution in [2.75, 3.05) is 24.7 Å². The predicted octanol–water partition coefficient (Wildman–Crippen LogP) is 5.66. The molecule has 42 heavy (non-hydrogen) atoms. The summed E-state index contributed by atoms with van der Waals surface area (Å²) in [6, 6.07) is 33.1. The number of likely N-dealkylation sites (tertiary alicyclic amines) is 1. The van der Waals surface area contributed by atoms with Crippen LogP contribution in [0.25, 0.3) is 11.1 Å². The van der Waals surface area contributed by atoms with Gasteiger partial charge in [-0.1, -0.05) is 0 Å². The van der Waals surface area contributed by atoms with Gasteiger partial charge < -0.3 is 0 Å². The summed E-state index contributed by atoms with van der Waals surface area (Å²) in [6.07, 6.45) is -0.0459. The van der Waals surface area contributed by atoms with Crippen molar-refractivity contribution in [2.45, 2.75) is 36.7 Å². The SMILES string of the molecule is CCOc1ccc([Se]C23CCN(C(=O)OCC4c5ccccc5-c5ccccc54)C2N(C(C)=O)c2ccccc23)cc1. The summed E-state index contributed by atoms with van der Waals surface area (Å²) in [6.45, 7) is 4.96. The topological polar surface area (TPSA) is 59.1 Å². The van der Waals surface area contributed by atoms with Gasteiger partial charge in [-0.25, -0.2) is 0 Å². The van der Waals surface area contributed by atoms with Crippen molar-refractivity contribution >= 4 is 37.1 Å². The summed E-state index contributed by atoms with van der Waals surface area (Å²) in [5, 5.41) is 0. The number of para-hydroxylation sites is 1. The van der Waals surface area contributed by atoms with Crippen LogP contribution in [0.15, 0.2) is 97.1 Å². The monoisotopic (exact) mass is 624 g/mol. The molecule has 1 fully saturated rings. The Bertz CT molecular complexity index is 1630. The molecule has 0 spiro atoms. The van der Waals surface area contributed by atoms with Crippen LogP contribution in [0.1, 0.15) is 42.9 Å². The molecule has 1 aliphatic carbocycles. The van der Waals surface area contributed by atoms with Gasteiger partial charge >= 0.3 is 253 Å². The molecule has 0 bridgehead atoms. The molecule has 4 aromatic carbocycles. The van der Waals surface area contributed by atoms with E-state index >= 15 is 0 Å². The van der Waals surface area contributed by atoms with Gasteiger partial charge in [-0.3, -0.25) is 0 Å². The molecule has 212 valence electrons. The predicted molar refractivity (Wildman–Crippen MR) is 164 cm³/mol. The summed E-state index contributed by atoms with van der Waals surface area (Å²) >= 11 is -0.0684. The minimum atomic E-state index is -0.436. The number of nitrogens with zero attached hydrogens (tertiary/aromatic N) is 2. The Balaban J connectivity index is 1.19. The number of rotatable bonds is 6. The van der Waals surface area contributed by atoms with E-state index in [1.165, 1.54) is 26.7 Å². The standard InChI is InChI=1S/C35H32N2O4Se/c1-3-40-24-16-18-25(19-17-24)42-35-20-21-36(33(35)37(23(2)38)32-15-9-8-14-31(32)35)34(39)41-22-30-28-12-6-4-10-26(28)27-11-5-7-13-29(27)30/h4-19,30,33H,3,20-22H2,1-2H3. The van der Waals surface area contributed by atoms with Gasteiger partial charge in [0, 0.05) is 0 Å². The van der Waals surface area contributed by atoms with Crippen LogP contribution < -0.4 is 14.1 Å². The number of ether oxygens (including phenoxy) is 2. The number of hydrogen-bond donors (Lipinski definition) is 0. The summed E-state index contributed by atoms with van der Waals surface area (Å²) in [4.78, 5) is 30.8. The molecule has 6 nitrogen and oxygen atoms in total. The van der Waals surface area contributed by atoms with Crippen LogP contribution in [0.2, 0.25) is 0 Å². The third kappa shape index (κ3) is 4.22. The molecule has 2 amide bonds. The summed E-state index contributed by atoms with van der Waals surface area (Å²) < 4.78 is 12.6. The second-order valence-corrected chi connectivity index (χ2v) is 13.9. The van der Waals surface area contributed by atoms with Gasteiger partial charge in [0.25, 0.3) is 0 Å². The van der Waals surface area contributed by atoms with Gasteiger partial charge in [0.2, 0.25) is 0 Å². The summed E-state index contributed by atoms with van der Waals surface area (Å²) in [5.41, 5.74) is 6.77. The van der Waals surface area contributed by atoms with Gasteiger partial charge in [0.1, 0.15) is 0 Å². The Morgan fingerprint density at radius 1 is 0.881 bits per heavy atom. The fourth-order valence-electron chi connectivity index (χ4n) is 6.93. The maximum atomic E-state index is 14.0. The molecule has 0 radical (unpaired) electrons. The van der Waals surface area contributed by atoms with Crippen LogP contribution >= 0.6 is 0 Å². The van der Waals surface area contributed by atoms with E-state index in [0.717, 1.165) is 23.4 Å². The molecule has 3 aliphatic rings. The van der Waals surface area contributed by atoms with Crippen molar-refractivity contribution in [3.63, 3.8) is 0 Å². The Kier molecular flexibility index (Phi) is 6.80. The number of amides is 2. The number of fused-ring (bicyclic) bond motifs is 6. The Hall–Kier alpha value is -4.06. The molecule has 2 unspecified atom stereocenters. The Labute approximate surface area is 252 Å². The van der Waals surface area contributed by atoms with Crippen molar-refractivity contribution in [3.8, 4) is 16.9 Å². The van der Waals surface area contributed by atoms with Crippen molar-refractivity contribution in [1.29, 1.82) is 0 Å². The van der Waals surface area contributed by atoms with Gasteiger partial charge in [-0.15, -0.1) is 0 Å². The van der Waals surface area contributed by atoms with Crippen molar-refractivity contribution in [2.24, 2.45) is 0 Å². The van der Waals surface area contributed by atoms with E-state index in [-0.39, 0.29) is 43.8 Å². The molecule has 4 aromatic rings. The average Bonchev–Trinajstić information content (AvgIpc) is 3.63. The van der Waals surface area contributed by atoms with Crippen molar-refractivity contribution in [3.05, 3.63) is 114 Å². The zero-order valence-corrected chi connectivity index (χ0v) is 25.4. The summed E-state index contributed by atoms with van der Waals surface area (Å²) in [7, 11) is 0. The average molecular weight is 624 g/mol. The first kappa shape index (κ1) is 26.8. The molecular formula is C35H32N2O4Se. The fraction of sp³-hybridized carbons (Fsp3) is 0.257. The molecule has 2 heterocycles. The Morgan fingerprint density at radius 3 is 2.19 bits per heavy atom. The number of carbonyl (C=O) groups is 2. The second-order valence-electron chi connectivity index (χ2n) is 10.9. The molecule has 2 atom stereocenters. The quantitative estimate of drug-likeness (QED) is 0.261. The van der Waals surface area contributed by atoms with E-state index in [9.17, 15) is 9.59 Å². The molecule has 0 N–H and O–H groups in total. The van der Waals surface area contributed by atoms with Crippen LogP contribution in [0.3, 0.4) is 0 Å². The van der Waals surface area contributed by atoms with Crippen molar-refractivity contribution in [1.82, 2.24) is 4.90 Å². The van der Waals surface area contributed by atoms with E-state index in [2.05, 4.69) is 42.5 Å². The van der Waals surface area contributed by atoms with Gasteiger partial charge in [-0.2, -0.15) is 0 Å². The Morgan fingerprint density at radius 2 is 1.52 bits per heavy atom. The van der Waals surface area contributed by atoms with Crippen LogP contribution in [0.5, 0.6) is 5.75 Å². The van der Waals surface area contributed by atoms with Gasteiger partial charge in [-0.05, 0) is 0 Å². The van der Waals surface area contributed by atoms with E-state index < -0.39 is 6.17 Å². The number of anilines is 1. The molecule has 1 saturated heterocycles. The first-order valence-electron chi connectivity index (χ1n) is 14.4. The van der Waals surface area contributed by atoms with E-state index in [1.54, 1.807) is 11.8 Å². The molecule has 7 rings (SSSR count). The molecule has 0 aromatic heterocycles. The van der Waals surface area contributed by atoms with E-state index in [0.29, 0.717) is 13.2 Å². The van der Waals surface area contributed by atoms with Gasteiger partial charge in [0.15, 0.2) is 0 Å². The third-order valence-corrected chi connectivity index (χ3v) is 11.8. The first-order valence-corrected chi connectivity index (χ1v) is 16.2. The molecule has 0 saturated carbocycles. The van der Waals surface area contributed by atoms with Crippen molar-refractivity contribution < 1.29 is 19.1 Å². The molecular weight excluding hydrogens is 591 g/mol. The number of benzene rings is 4. The molecule has 7 heteroatoms. The second kappa shape index (κ2) is 10.6. The van der Waals surface area contributed by atoms with Gasteiger partial charge in [0.05, 0.1) is 0 Å². The zero-order chi connectivity index (χ0) is 28.8. The normalized spacial score (nSPS) is 20.1. The van der Waals surface area contributed by atoms with Crippen LogP contribution in [0.4, 0.5) is 10.5 Å². The van der Waals surface area contributed by atoms with Crippen LogP contribution in [0, 0.1) is 0 Å². The zero-order valence-electron chi connectivity index (χ0n) is 23.7. The summed E-state index contributed by atoms with van der Waals surface area (Å²) in [5.74, 6) is 0.747. The number of hydrogen-bond acceptors (Lipinski definition) is 4. The van der Waals surface area contributed by atoms with E-state index in [4.69, 9.17) is 9.47 Å². The molecule has 2 aliphatic heterocycles. The first-order chi connectivity index (χ1) is 20.5. The fourth-order valence-corrected chi connectivity index (χ4v) is 10.1. The van der Waals surface area contributed by atoms with Crippen LogP contribution in [-0.4, -0.2) is 57.8 Å².